The van der Waals surface area contributed by atoms with E-state index in [1.54, 1.807) is 0 Å². The Hall–Kier alpha value is 1.22. The molecule has 0 amide bonds. The van der Waals surface area contributed by atoms with Gasteiger partial charge in [0.05, 0.1) is 12.2 Å². The third kappa shape index (κ3) is 11.3. The SMILES string of the molecule is CC1C(C)N1C.CC1C(C)P1C.CC1OC1C.CC1SC1C.CC1[Se]C1C. The molecule has 0 bridgehead atoms. The second-order valence-corrected chi connectivity index (χ2v) is 17.3. The first-order valence-corrected chi connectivity index (χ1v) is 15.6. The summed E-state index contributed by atoms with van der Waals surface area (Å²) in [4.78, 5) is 4.56. The van der Waals surface area contributed by atoms with Crippen LogP contribution < -0.4 is 0 Å². The van der Waals surface area contributed by atoms with Crippen molar-refractivity contribution in [2.75, 3.05) is 13.7 Å². The number of thioether (sulfide) groups is 1. The molecule has 2 nitrogen and oxygen atoms in total. The van der Waals surface area contributed by atoms with Crippen LogP contribution >= 0.6 is 19.7 Å². The minimum atomic E-state index is 0.507. The van der Waals surface area contributed by atoms with Crippen molar-refractivity contribution in [3.63, 3.8) is 0 Å². The molecule has 0 aromatic rings. The molecular formula is C22H46NOPSSe. The molecule has 5 heterocycles. The monoisotopic (exact) mass is 483 g/mol. The fourth-order valence-corrected chi connectivity index (χ4v) is 5.84. The predicted octanol–water partition coefficient (Wildman–Crippen LogP) is 6.22. The van der Waals surface area contributed by atoms with Crippen molar-refractivity contribution < 1.29 is 4.74 Å². The topological polar surface area (TPSA) is 15.5 Å². The van der Waals surface area contributed by atoms with Gasteiger partial charge in [0.2, 0.25) is 0 Å². The van der Waals surface area contributed by atoms with Crippen LogP contribution in [0, 0.1) is 0 Å². The molecule has 5 aliphatic rings. The third-order valence-electron chi connectivity index (χ3n) is 6.83. The van der Waals surface area contributed by atoms with Gasteiger partial charge in [0.1, 0.15) is 0 Å². The van der Waals surface area contributed by atoms with E-state index in [2.05, 4.69) is 87.8 Å². The Morgan fingerprint density at radius 3 is 0.926 bits per heavy atom. The van der Waals surface area contributed by atoms with Gasteiger partial charge in [-0.2, -0.15) is 11.8 Å². The molecule has 10 atom stereocenters. The normalized spacial score (nSPS) is 52.0. The molecule has 162 valence electrons. The van der Waals surface area contributed by atoms with Gasteiger partial charge in [0.25, 0.3) is 0 Å². The second-order valence-electron chi connectivity index (χ2n) is 8.93. The zero-order chi connectivity index (χ0) is 21.0. The predicted molar refractivity (Wildman–Crippen MR) is 130 cm³/mol. The van der Waals surface area contributed by atoms with Gasteiger partial charge in [0, 0.05) is 22.6 Å². The van der Waals surface area contributed by atoms with Gasteiger partial charge in [-0.05, 0) is 52.7 Å². The molecule has 10 unspecified atom stereocenters. The summed E-state index contributed by atoms with van der Waals surface area (Å²) in [5.41, 5.74) is 2.17. The van der Waals surface area contributed by atoms with E-state index in [0.717, 1.165) is 58.5 Å². The Morgan fingerprint density at radius 1 is 0.741 bits per heavy atom. The van der Waals surface area contributed by atoms with Gasteiger partial charge in [-0.3, -0.25) is 4.90 Å². The van der Waals surface area contributed by atoms with E-state index >= 15 is 0 Å². The van der Waals surface area contributed by atoms with E-state index in [1.165, 1.54) is 0 Å². The summed E-state index contributed by atoms with van der Waals surface area (Å²) in [5, 5.41) is 1.94. The summed E-state index contributed by atoms with van der Waals surface area (Å²) in [7, 11) is 2.66. The summed E-state index contributed by atoms with van der Waals surface area (Å²) in [6, 6.07) is 1.70. The Bertz CT molecular complexity index is 333. The van der Waals surface area contributed by atoms with Gasteiger partial charge in [-0.15, -0.1) is 7.92 Å². The van der Waals surface area contributed by atoms with E-state index in [0.29, 0.717) is 20.1 Å². The van der Waals surface area contributed by atoms with E-state index < -0.39 is 0 Å². The van der Waals surface area contributed by atoms with E-state index in [1.807, 2.05) is 11.8 Å². The Kier molecular flexibility index (Phi) is 11.2. The molecule has 5 heteroatoms. The first-order chi connectivity index (χ1) is 12.4. The number of nitrogens with zero attached hydrogens (tertiary/aromatic N) is 1. The Labute approximate surface area is 182 Å². The minimum absolute atomic E-state index is 0.507. The molecule has 5 aliphatic heterocycles. The first-order valence-electron chi connectivity index (χ1n) is 10.8. The van der Waals surface area contributed by atoms with Crippen LogP contribution in [0.5, 0.6) is 0 Å². The van der Waals surface area contributed by atoms with Gasteiger partial charge in [-0.1, -0.05) is 27.7 Å². The molecular weight excluding hydrogens is 436 g/mol. The van der Waals surface area contributed by atoms with Crippen LogP contribution in [0.3, 0.4) is 0 Å². The van der Waals surface area contributed by atoms with Crippen molar-refractivity contribution in [3.05, 3.63) is 0 Å². The van der Waals surface area contributed by atoms with Crippen LogP contribution in [0.25, 0.3) is 0 Å². The molecule has 5 rings (SSSR count). The van der Waals surface area contributed by atoms with Crippen LogP contribution in [0.15, 0.2) is 0 Å². The average Bonchev–Trinajstić information content (AvgIpc) is 3.58. The quantitative estimate of drug-likeness (QED) is 0.232. The molecule has 0 aromatic heterocycles. The molecule has 0 spiro atoms. The summed E-state index contributed by atoms with van der Waals surface area (Å²) in [5.74, 6) is 0. The number of hydrogen-bond acceptors (Lipinski definition) is 3. The fourth-order valence-electron chi connectivity index (χ4n) is 2.25. The summed E-state index contributed by atoms with van der Waals surface area (Å²) < 4.78 is 4.92. The van der Waals surface area contributed by atoms with Crippen LogP contribution in [-0.4, -0.2) is 79.7 Å². The zero-order valence-electron chi connectivity index (χ0n) is 19.9. The third-order valence-corrected chi connectivity index (χ3v) is 14.2. The van der Waals surface area contributed by atoms with Gasteiger partial charge < -0.3 is 4.74 Å². The van der Waals surface area contributed by atoms with Gasteiger partial charge in [-0.25, -0.2) is 0 Å². The van der Waals surface area contributed by atoms with E-state index in [4.69, 9.17) is 4.74 Å². The fraction of sp³-hybridized carbons (Fsp3) is 1.00. The second kappa shape index (κ2) is 11.6. The van der Waals surface area contributed by atoms with Crippen molar-refractivity contribution in [1.82, 2.24) is 4.90 Å². The number of hydrogen-bond donors (Lipinski definition) is 0. The average molecular weight is 483 g/mol. The van der Waals surface area contributed by atoms with Crippen LogP contribution in [0.1, 0.15) is 69.2 Å². The van der Waals surface area contributed by atoms with Crippen molar-refractivity contribution in [2.24, 2.45) is 0 Å². The van der Waals surface area contributed by atoms with Crippen molar-refractivity contribution >= 4 is 34.6 Å². The summed E-state index contributed by atoms with van der Waals surface area (Å²) >= 11 is 3.09. The molecule has 27 heavy (non-hydrogen) atoms. The molecule has 0 aliphatic carbocycles. The molecule has 0 radical (unpaired) electrons. The molecule has 0 N–H and O–H groups in total. The van der Waals surface area contributed by atoms with Crippen molar-refractivity contribution in [1.29, 1.82) is 0 Å². The van der Waals surface area contributed by atoms with Crippen LogP contribution in [0.4, 0.5) is 0 Å². The Morgan fingerprint density at radius 2 is 0.926 bits per heavy atom. The molecule has 0 saturated carbocycles. The van der Waals surface area contributed by atoms with Crippen LogP contribution in [0.2, 0.25) is 9.63 Å². The summed E-state index contributed by atoms with van der Waals surface area (Å²) in [6.45, 7) is 24.9. The zero-order valence-corrected chi connectivity index (χ0v) is 23.3. The summed E-state index contributed by atoms with van der Waals surface area (Å²) in [6.07, 6.45) is 1.10. The van der Waals surface area contributed by atoms with Crippen molar-refractivity contribution in [3.8, 4) is 0 Å². The number of epoxide rings is 1. The standard InChI is InChI=1S/C5H11N.C5H11P.C4H8O.C4H8S.C4H8Se/c2*1-4-5(2)6(4)3;3*1-3-4(2)5-3/h2*4-5H,1-3H3;3*3-4H,1-2H3. The van der Waals surface area contributed by atoms with Crippen LogP contribution in [-0.2, 0) is 4.74 Å². The first kappa shape index (κ1) is 26.3. The molecule has 5 saturated heterocycles. The van der Waals surface area contributed by atoms with Gasteiger partial charge >= 0.3 is 38.4 Å². The van der Waals surface area contributed by atoms with E-state index in [-0.39, 0.29) is 0 Å². The van der Waals surface area contributed by atoms with Gasteiger partial charge in [0.15, 0.2) is 0 Å². The Balaban J connectivity index is 0.000000169. The van der Waals surface area contributed by atoms with E-state index in [9.17, 15) is 0 Å². The maximum atomic E-state index is 4.92. The number of rotatable bonds is 0. The molecule has 0 aromatic carbocycles. The number of likely N-dealkylation sites (N-methyl/N-ethyl adjacent to an activating group) is 1. The maximum absolute atomic E-state index is 4.92. The number of ether oxygens (including phenoxy) is 1. The van der Waals surface area contributed by atoms with Crippen molar-refractivity contribution in [2.45, 2.75) is 125 Å². The molecule has 5 fully saturated rings.